The Bertz CT molecular complexity index is 881. The van der Waals surface area contributed by atoms with E-state index in [1.807, 2.05) is 60.7 Å². The number of amides is 1. The van der Waals surface area contributed by atoms with E-state index in [9.17, 15) is 4.79 Å². The highest BCUT2D eigenvalue weighted by Crippen LogP contribution is 2.18. The van der Waals surface area contributed by atoms with E-state index in [1.54, 1.807) is 0 Å². The summed E-state index contributed by atoms with van der Waals surface area (Å²) in [6, 6.07) is 19.0. The van der Waals surface area contributed by atoms with Crippen molar-refractivity contribution in [3.8, 4) is 0 Å². The molecule has 0 aliphatic heterocycles. The first-order chi connectivity index (χ1) is 11.7. The number of aromatic nitrogens is 1. The highest BCUT2D eigenvalue weighted by Gasteiger charge is 2.03. The van der Waals surface area contributed by atoms with Gasteiger partial charge in [0.05, 0.1) is 18.3 Å². The Morgan fingerprint density at radius 3 is 2.71 bits per heavy atom. The molecular formula is C18H15ClN4O. The van der Waals surface area contributed by atoms with E-state index >= 15 is 0 Å². The number of rotatable bonds is 5. The van der Waals surface area contributed by atoms with E-state index in [0.29, 0.717) is 10.7 Å². The van der Waals surface area contributed by atoms with Crippen molar-refractivity contribution >= 4 is 40.3 Å². The minimum absolute atomic E-state index is 0.130. The normalized spacial score (nSPS) is 10.9. The number of nitrogens with zero attached hydrogens (tertiary/aromatic N) is 2. The SMILES string of the molecule is O=C(CNc1ccccc1)N/N=C/c1cc2ccccc2nc1Cl. The molecule has 0 aliphatic carbocycles. The van der Waals surface area contributed by atoms with Gasteiger partial charge in [0.1, 0.15) is 5.15 Å². The number of carbonyl (C=O) groups is 1. The molecule has 1 heterocycles. The molecule has 6 heteroatoms. The van der Waals surface area contributed by atoms with E-state index < -0.39 is 0 Å². The fourth-order valence-corrected chi connectivity index (χ4v) is 2.35. The fourth-order valence-electron chi connectivity index (χ4n) is 2.15. The molecule has 0 saturated heterocycles. The minimum atomic E-state index is -0.250. The molecular weight excluding hydrogens is 324 g/mol. The third-order valence-electron chi connectivity index (χ3n) is 3.32. The maximum atomic E-state index is 11.8. The number of fused-ring (bicyclic) bond motifs is 1. The minimum Gasteiger partial charge on any atom is -0.376 e. The summed E-state index contributed by atoms with van der Waals surface area (Å²) >= 11 is 6.13. The predicted molar refractivity (Wildman–Crippen MR) is 97.4 cm³/mol. The first-order valence-electron chi connectivity index (χ1n) is 7.38. The van der Waals surface area contributed by atoms with Crippen LogP contribution in [0.4, 0.5) is 5.69 Å². The molecule has 1 aromatic heterocycles. The molecule has 2 aromatic carbocycles. The van der Waals surface area contributed by atoms with Gasteiger partial charge in [0.15, 0.2) is 0 Å². The number of hydrazone groups is 1. The van der Waals surface area contributed by atoms with Crippen LogP contribution in [0, 0.1) is 0 Å². The van der Waals surface area contributed by atoms with E-state index in [2.05, 4.69) is 20.8 Å². The van der Waals surface area contributed by atoms with Crippen LogP contribution in [-0.4, -0.2) is 23.7 Å². The standard InChI is InChI=1S/C18H15ClN4O/c19-18-14(10-13-6-4-5-9-16(13)22-18)11-21-23-17(24)12-20-15-7-2-1-3-8-15/h1-11,20H,12H2,(H,23,24)/b21-11+. The van der Waals surface area contributed by atoms with Crippen LogP contribution in [0.25, 0.3) is 10.9 Å². The number of halogens is 1. The van der Waals surface area contributed by atoms with Gasteiger partial charge in [0, 0.05) is 16.6 Å². The molecule has 24 heavy (non-hydrogen) atoms. The van der Waals surface area contributed by atoms with Gasteiger partial charge in [-0.3, -0.25) is 4.79 Å². The number of benzene rings is 2. The van der Waals surface area contributed by atoms with Crippen LogP contribution in [-0.2, 0) is 4.79 Å². The molecule has 3 aromatic rings. The lowest BCUT2D eigenvalue weighted by Gasteiger charge is -2.05. The summed E-state index contributed by atoms with van der Waals surface area (Å²) < 4.78 is 0. The van der Waals surface area contributed by atoms with Crippen LogP contribution in [0.1, 0.15) is 5.56 Å². The Kier molecular flexibility index (Phi) is 5.03. The van der Waals surface area contributed by atoms with Crippen LogP contribution in [0.3, 0.4) is 0 Å². The van der Waals surface area contributed by atoms with Crippen molar-refractivity contribution in [3.05, 3.63) is 71.4 Å². The topological polar surface area (TPSA) is 66.4 Å². The van der Waals surface area contributed by atoms with Gasteiger partial charge in [-0.15, -0.1) is 0 Å². The molecule has 0 unspecified atom stereocenters. The van der Waals surface area contributed by atoms with Crippen LogP contribution in [0.15, 0.2) is 65.8 Å². The van der Waals surface area contributed by atoms with E-state index in [4.69, 9.17) is 11.6 Å². The van der Waals surface area contributed by atoms with E-state index in [0.717, 1.165) is 16.6 Å². The number of anilines is 1. The van der Waals surface area contributed by atoms with E-state index in [-0.39, 0.29) is 12.5 Å². The quantitative estimate of drug-likeness (QED) is 0.425. The van der Waals surface area contributed by atoms with Crippen molar-refractivity contribution in [2.75, 3.05) is 11.9 Å². The predicted octanol–water partition coefficient (Wildman–Crippen LogP) is 3.45. The number of para-hydroxylation sites is 2. The lowest BCUT2D eigenvalue weighted by molar-refractivity contribution is -0.119. The second-order valence-electron chi connectivity index (χ2n) is 5.07. The Balaban J connectivity index is 1.59. The third-order valence-corrected chi connectivity index (χ3v) is 3.63. The average molecular weight is 339 g/mol. The fraction of sp³-hybridized carbons (Fsp3) is 0.0556. The van der Waals surface area contributed by atoms with Crippen molar-refractivity contribution in [2.24, 2.45) is 5.10 Å². The second-order valence-corrected chi connectivity index (χ2v) is 5.43. The average Bonchev–Trinajstić information content (AvgIpc) is 2.61. The van der Waals surface area contributed by atoms with Crippen molar-refractivity contribution < 1.29 is 4.79 Å². The monoisotopic (exact) mass is 338 g/mol. The first kappa shape index (κ1) is 16.0. The molecule has 0 aliphatic rings. The molecule has 0 atom stereocenters. The zero-order valence-electron chi connectivity index (χ0n) is 12.7. The van der Waals surface area contributed by atoms with Crippen molar-refractivity contribution in [2.45, 2.75) is 0 Å². The summed E-state index contributed by atoms with van der Waals surface area (Å²) in [5, 5.41) is 8.24. The molecule has 2 N–H and O–H groups in total. The molecule has 0 fully saturated rings. The zero-order chi connectivity index (χ0) is 16.8. The lowest BCUT2D eigenvalue weighted by atomic mass is 10.2. The van der Waals surface area contributed by atoms with Gasteiger partial charge in [-0.05, 0) is 24.3 Å². The molecule has 0 spiro atoms. The van der Waals surface area contributed by atoms with Crippen molar-refractivity contribution in [1.82, 2.24) is 10.4 Å². The summed E-state index contributed by atoms with van der Waals surface area (Å²) in [5.41, 5.74) is 4.79. The highest BCUT2D eigenvalue weighted by atomic mass is 35.5. The maximum Gasteiger partial charge on any atom is 0.259 e. The van der Waals surface area contributed by atoms with Gasteiger partial charge in [-0.2, -0.15) is 5.10 Å². The van der Waals surface area contributed by atoms with Gasteiger partial charge in [-0.1, -0.05) is 48.0 Å². The summed E-state index contributed by atoms with van der Waals surface area (Å²) in [4.78, 5) is 16.1. The number of nitrogens with one attached hydrogen (secondary N) is 2. The van der Waals surface area contributed by atoms with Crippen LogP contribution < -0.4 is 10.7 Å². The van der Waals surface area contributed by atoms with Crippen LogP contribution >= 0.6 is 11.6 Å². The molecule has 1 amide bonds. The van der Waals surface area contributed by atoms with Crippen molar-refractivity contribution in [1.29, 1.82) is 0 Å². The first-order valence-corrected chi connectivity index (χ1v) is 7.76. The number of pyridine rings is 1. The van der Waals surface area contributed by atoms with Crippen molar-refractivity contribution in [3.63, 3.8) is 0 Å². The Morgan fingerprint density at radius 2 is 1.88 bits per heavy atom. The molecule has 3 rings (SSSR count). The lowest BCUT2D eigenvalue weighted by Crippen LogP contribution is -2.25. The maximum absolute atomic E-state index is 11.8. The van der Waals surface area contributed by atoms with Crippen LogP contribution in [0.2, 0.25) is 5.15 Å². The third kappa shape index (κ3) is 4.08. The number of hydrogen-bond donors (Lipinski definition) is 2. The molecule has 0 bridgehead atoms. The Hall–Kier alpha value is -2.92. The summed E-state index contributed by atoms with van der Waals surface area (Å²) in [7, 11) is 0. The largest absolute Gasteiger partial charge is 0.376 e. The van der Waals surface area contributed by atoms with Gasteiger partial charge >= 0.3 is 0 Å². The van der Waals surface area contributed by atoms with Gasteiger partial charge < -0.3 is 5.32 Å². The second kappa shape index (κ2) is 7.57. The highest BCUT2D eigenvalue weighted by molar-refractivity contribution is 6.32. The van der Waals surface area contributed by atoms with Gasteiger partial charge in [0.25, 0.3) is 5.91 Å². The molecule has 5 nitrogen and oxygen atoms in total. The van der Waals surface area contributed by atoms with Gasteiger partial charge in [-0.25, -0.2) is 10.4 Å². The summed E-state index contributed by atoms with van der Waals surface area (Å²) in [6.45, 7) is 0.130. The Morgan fingerprint density at radius 1 is 1.12 bits per heavy atom. The molecule has 0 radical (unpaired) electrons. The number of hydrogen-bond acceptors (Lipinski definition) is 4. The van der Waals surface area contributed by atoms with E-state index in [1.165, 1.54) is 6.21 Å². The smallest absolute Gasteiger partial charge is 0.259 e. The Labute approximate surface area is 144 Å². The molecule has 120 valence electrons. The van der Waals surface area contributed by atoms with Gasteiger partial charge in [0.2, 0.25) is 0 Å². The summed E-state index contributed by atoms with van der Waals surface area (Å²) in [5.74, 6) is -0.250. The number of carbonyl (C=O) groups excluding carboxylic acids is 1. The van der Waals surface area contributed by atoms with Crippen LogP contribution in [0.5, 0.6) is 0 Å². The zero-order valence-corrected chi connectivity index (χ0v) is 13.5. The summed E-state index contributed by atoms with van der Waals surface area (Å²) in [6.07, 6.45) is 1.49. The molecule has 0 saturated carbocycles.